The summed E-state index contributed by atoms with van der Waals surface area (Å²) in [6.07, 6.45) is 0. The summed E-state index contributed by atoms with van der Waals surface area (Å²) in [5.74, 6) is 0.167. The van der Waals surface area contributed by atoms with E-state index in [4.69, 9.17) is 5.53 Å². The molecule has 0 aliphatic carbocycles. The van der Waals surface area contributed by atoms with Crippen LogP contribution in [0.1, 0.15) is 13.8 Å². The summed E-state index contributed by atoms with van der Waals surface area (Å²) < 4.78 is 3.06. The number of hydrogen-bond donors (Lipinski definition) is 0. The minimum atomic E-state index is 0.167. The Hall–Kier alpha value is -0.803. The van der Waals surface area contributed by atoms with E-state index in [2.05, 4.69) is 9.69 Å². The zero-order chi connectivity index (χ0) is 6.99. The first-order valence-electron chi connectivity index (χ1n) is 2.05. The number of ketones is 1. The van der Waals surface area contributed by atoms with Crippen molar-refractivity contribution in [3.8, 4) is 0 Å². The molecule has 0 saturated heterocycles. The van der Waals surface area contributed by atoms with Crippen molar-refractivity contribution in [1.29, 1.82) is 0 Å². The van der Waals surface area contributed by atoms with E-state index < -0.39 is 0 Å². The standard InChI is InChI=1S/C3H6O.H3N3Si/c1-3(2)4;1-2-3-4/h1-2H3;4H3. The second-order valence-electron chi connectivity index (χ2n) is 1.20. The van der Waals surface area contributed by atoms with E-state index in [1.807, 2.05) is 0 Å². The summed E-state index contributed by atoms with van der Waals surface area (Å²) in [6, 6.07) is 0. The lowest BCUT2D eigenvalue weighted by molar-refractivity contribution is -0.114. The van der Waals surface area contributed by atoms with Crippen LogP contribution in [0.2, 0.25) is 0 Å². The van der Waals surface area contributed by atoms with Crippen LogP contribution >= 0.6 is 0 Å². The molecule has 0 rings (SSSR count). The van der Waals surface area contributed by atoms with Gasteiger partial charge in [-0.2, -0.15) is 0 Å². The van der Waals surface area contributed by atoms with Crippen LogP contribution in [-0.2, 0) is 4.79 Å². The summed E-state index contributed by atoms with van der Waals surface area (Å²) in [4.78, 5) is 11.9. The number of hydrogen-bond acceptors (Lipinski definition) is 2. The molecule has 0 aliphatic heterocycles. The second-order valence-corrected chi connectivity index (χ2v) is 1.60. The topological polar surface area (TPSA) is 65.8 Å². The third-order valence-electron chi connectivity index (χ3n) is 0.0894. The van der Waals surface area contributed by atoms with E-state index in [1.54, 1.807) is 0 Å². The molecule has 0 saturated carbocycles. The summed E-state index contributed by atoms with van der Waals surface area (Å²) in [6.45, 7) is 3.06. The molecule has 0 atom stereocenters. The third kappa shape index (κ3) is 2360. The Morgan fingerprint density at radius 3 is 1.88 bits per heavy atom. The van der Waals surface area contributed by atoms with Gasteiger partial charge in [-0.05, 0) is 24.3 Å². The van der Waals surface area contributed by atoms with Crippen LogP contribution in [0, 0.1) is 0 Å². The number of nitrogens with zero attached hydrogens (tertiary/aromatic N) is 3. The number of rotatable bonds is 0. The average molecular weight is 131 g/mol. The highest BCUT2D eigenvalue weighted by atomic mass is 28.2. The Morgan fingerprint density at radius 2 is 1.88 bits per heavy atom. The second kappa shape index (κ2) is 9.50. The maximum absolute atomic E-state index is 9.44. The third-order valence-corrected chi connectivity index (χ3v) is 0.268. The smallest absolute Gasteiger partial charge is 0.126 e. The first-order valence-corrected chi connectivity index (χ1v) is 2.95. The summed E-state index contributed by atoms with van der Waals surface area (Å²) in [7, 11) is 0.598. The van der Waals surface area contributed by atoms with Crippen molar-refractivity contribution in [3.63, 3.8) is 0 Å². The molecule has 46 valence electrons. The Labute approximate surface area is 51.0 Å². The fourth-order valence-corrected chi connectivity index (χ4v) is 0. The molecular weight excluding hydrogens is 122 g/mol. The number of Topliss-reactive ketones (excluding diaryl/α,β-unsaturated/α-hetero) is 1. The molecule has 8 heavy (non-hydrogen) atoms. The van der Waals surface area contributed by atoms with Gasteiger partial charge in [0.15, 0.2) is 0 Å². The normalized spacial score (nSPS) is 5.75. The van der Waals surface area contributed by atoms with Gasteiger partial charge in [0.05, 0.1) is 0 Å². The van der Waals surface area contributed by atoms with Crippen LogP contribution in [0.15, 0.2) is 4.78 Å². The molecule has 0 spiro atoms. The van der Waals surface area contributed by atoms with E-state index >= 15 is 0 Å². The quantitative estimate of drug-likeness (QED) is 0.200. The molecule has 0 N–H and O–H groups in total. The van der Waals surface area contributed by atoms with Crippen LogP contribution in [-0.4, -0.2) is 16.2 Å². The summed E-state index contributed by atoms with van der Waals surface area (Å²) in [5, 5.41) is 0. The fraction of sp³-hybridized carbons (Fsp3) is 0.667. The summed E-state index contributed by atoms with van der Waals surface area (Å²) in [5.41, 5.74) is 7.37. The predicted octanol–water partition coefficient (Wildman–Crippen LogP) is 0.172. The highest BCUT2D eigenvalue weighted by Crippen LogP contribution is 1.50. The summed E-state index contributed by atoms with van der Waals surface area (Å²) >= 11 is 0. The number of carbonyl (C=O) groups is 1. The van der Waals surface area contributed by atoms with Gasteiger partial charge < -0.3 is 4.79 Å². The van der Waals surface area contributed by atoms with Crippen LogP contribution in [0.5, 0.6) is 0 Å². The largest absolute Gasteiger partial charge is 0.300 e. The molecule has 4 nitrogen and oxygen atoms in total. The van der Waals surface area contributed by atoms with E-state index in [0.29, 0.717) is 10.4 Å². The van der Waals surface area contributed by atoms with Crippen molar-refractivity contribution in [1.82, 2.24) is 0 Å². The van der Waals surface area contributed by atoms with Gasteiger partial charge in [-0.3, -0.25) is 0 Å². The van der Waals surface area contributed by atoms with Crippen molar-refractivity contribution < 1.29 is 4.79 Å². The first-order chi connectivity index (χ1) is 3.65. The van der Waals surface area contributed by atoms with E-state index in [9.17, 15) is 4.79 Å². The molecule has 0 aromatic carbocycles. The molecule has 0 radical (unpaired) electrons. The van der Waals surface area contributed by atoms with Gasteiger partial charge in [0.1, 0.15) is 16.2 Å². The van der Waals surface area contributed by atoms with Crippen LogP contribution in [0.25, 0.3) is 10.4 Å². The highest BCUT2D eigenvalue weighted by Gasteiger charge is 1.62. The molecule has 0 bridgehead atoms. The van der Waals surface area contributed by atoms with Gasteiger partial charge in [-0.1, -0.05) is 0 Å². The molecule has 0 heterocycles. The average Bonchev–Trinajstić information content (AvgIpc) is 1.65. The fourth-order valence-electron chi connectivity index (χ4n) is 0. The van der Waals surface area contributed by atoms with Crippen molar-refractivity contribution in [2.75, 3.05) is 0 Å². The predicted molar refractivity (Wildman–Crippen MR) is 35.4 cm³/mol. The molecular formula is C3H9N3OSi. The molecule has 0 aromatic heterocycles. The maximum Gasteiger partial charge on any atom is 0.126 e. The SMILES string of the molecule is CC(C)=O.[N-]=[N+]=N[SiH3]. The Morgan fingerprint density at radius 1 is 1.75 bits per heavy atom. The van der Waals surface area contributed by atoms with Crippen LogP contribution < -0.4 is 0 Å². The maximum atomic E-state index is 9.44. The molecule has 0 aliphatic rings. The van der Waals surface area contributed by atoms with Gasteiger partial charge in [0, 0.05) is 0 Å². The van der Waals surface area contributed by atoms with E-state index in [-0.39, 0.29) is 5.78 Å². The zero-order valence-corrected chi connectivity index (χ0v) is 7.25. The lowest BCUT2D eigenvalue weighted by Gasteiger charge is -1.56. The Balaban J connectivity index is 0. The van der Waals surface area contributed by atoms with Crippen LogP contribution in [0.4, 0.5) is 0 Å². The molecule has 0 unspecified atom stereocenters. The zero-order valence-electron chi connectivity index (χ0n) is 5.25. The molecule has 0 aromatic rings. The minimum Gasteiger partial charge on any atom is -0.300 e. The van der Waals surface area contributed by atoms with E-state index in [1.165, 1.54) is 13.8 Å². The van der Waals surface area contributed by atoms with Crippen molar-refractivity contribution >= 4 is 16.2 Å². The van der Waals surface area contributed by atoms with Gasteiger partial charge in [-0.15, -0.1) is 4.78 Å². The number of carbonyl (C=O) groups excluding carboxylic acids is 1. The Bertz CT molecular complexity index is 103. The lowest BCUT2D eigenvalue weighted by atomic mass is 10.6. The van der Waals surface area contributed by atoms with E-state index in [0.717, 1.165) is 0 Å². The van der Waals surface area contributed by atoms with Gasteiger partial charge >= 0.3 is 0 Å². The highest BCUT2D eigenvalue weighted by molar-refractivity contribution is 6.05. The molecule has 5 heteroatoms. The molecule has 0 amide bonds. The lowest BCUT2D eigenvalue weighted by Crippen LogP contribution is -1.69. The van der Waals surface area contributed by atoms with Gasteiger partial charge in [-0.25, -0.2) is 0 Å². The number of azide groups is 1. The van der Waals surface area contributed by atoms with Crippen LogP contribution in [0.3, 0.4) is 0 Å². The van der Waals surface area contributed by atoms with Crippen molar-refractivity contribution in [2.24, 2.45) is 4.78 Å². The Kier molecular flexibility index (Phi) is 12.2. The van der Waals surface area contributed by atoms with Gasteiger partial charge in [0.25, 0.3) is 0 Å². The first kappa shape index (κ1) is 10.2. The van der Waals surface area contributed by atoms with Crippen molar-refractivity contribution in [3.05, 3.63) is 10.4 Å². The van der Waals surface area contributed by atoms with Crippen molar-refractivity contribution in [2.45, 2.75) is 13.8 Å². The van der Waals surface area contributed by atoms with Gasteiger partial charge in [0.2, 0.25) is 0 Å². The molecule has 0 fully saturated rings. The minimum absolute atomic E-state index is 0.167. The monoisotopic (exact) mass is 131 g/mol.